The second-order valence-corrected chi connectivity index (χ2v) is 30.2. The van der Waals surface area contributed by atoms with E-state index in [0.717, 1.165) is 109 Å². The maximum Gasteiger partial charge on any atom is 0.472 e. The van der Waals surface area contributed by atoms with Crippen LogP contribution in [-0.2, 0) is 65.4 Å². The van der Waals surface area contributed by atoms with E-state index in [1.54, 1.807) is 0 Å². The van der Waals surface area contributed by atoms with Crippen LogP contribution in [0.2, 0.25) is 0 Å². The molecule has 558 valence electrons. The third-order valence-corrected chi connectivity index (χ3v) is 19.8. The Hall–Kier alpha value is -1.94. The molecule has 0 saturated carbocycles. The molecule has 0 aliphatic rings. The monoisotopic (exact) mass is 1380 g/mol. The fraction of sp³-hybridized carbons (Fsp3) is 0.947. The Kier molecular flexibility index (Phi) is 66.8. The van der Waals surface area contributed by atoms with Crippen molar-refractivity contribution in [1.29, 1.82) is 0 Å². The van der Waals surface area contributed by atoms with E-state index >= 15 is 0 Å². The average Bonchev–Trinajstić information content (AvgIpc) is 2.02. The summed E-state index contributed by atoms with van der Waals surface area (Å²) < 4.78 is 68.4. The van der Waals surface area contributed by atoms with Crippen LogP contribution < -0.4 is 0 Å². The normalized spacial score (nSPS) is 14.3. The van der Waals surface area contributed by atoms with Gasteiger partial charge in [-0.15, -0.1) is 0 Å². The van der Waals surface area contributed by atoms with Crippen LogP contribution in [0.5, 0.6) is 0 Å². The van der Waals surface area contributed by atoms with Crippen LogP contribution in [0.15, 0.2) is 0 Å². The lowest BCUT2D eigenvalue weighted by Crippen LogP contribution is -2.30. The molecule has 0 heterocycles. The van der Waals surface area contributed by atoms with Gasteiger partial charge in [0.05, 0.1) is 26.4 Å². The number of ether oxygens (including phenoxy) is 4. The molecule has 0 aliphatic carbocycles. The molecule has 0 fully saturated rings. The van der Waals surface area contributed by atoms with Crippen molar-refractivity contribution in [2.45, 2.75) is 412 Å². The number of rotatable bonds is 75. The molecular weight excluding hydrogens is 1230 g/mol. The van der Waals surface area contributed by atoms with Crippen LogP contribution in [0, 0.1) is 5.92 Å². The van der Waals surface area contributed by atoms with Gasteiger partial charge in [0, 0.05) is 25.7 Å². The fourth-order valence-electron chi connectivity index (χ4n) is 11.5. The highest BCUT2D eigenvalue weighted by Gasteiger charge is 2.30. The van der Waals surface area contributed by atoms with Crippen molar-refractivity contribution in [3.05, 3.63) is 0 Å². The highest BCUT2D eigenvalue weighted by Crippen LogP contribution is 2.45. The Morgan fingerprint density at radius 1 is 0.298 bits per heavy atom. The van der Waals surface area contributed by atoms with Gasteiger partial charge in [-0.1, -0.05) is 343 Å². The third kappa shape index (κ3) is 67.3. The molecule has 0 amide bonds. The first-order chi connectivity index (χ1) is 45.6. The highest BCUT2D eigenvalue weighted by atomic mass is 31.2. The lowest BCUT2D eigenvalue weighted by Gasteiger charge is -2.21. The van der Waals surface area contributed by atoms with Crippen LogP contribution in [0.4, 0.5) is 0 Å². The largest absolute Gasteiger partial charge is 0.472 e. The zero-order chi connectivity index (χ0) is 69.1. The van der Waals surface area contributed by atoms with Crippen molar-refractivity contribution in [2.75, 3.05) is 39.6 Å². The predicted octanol–water partition coefficient (Wildman–Crippen LogP) is 22.1. The van der Waals surface area contributed by atoms with E-state index in [0.29, 0.717) is 25.7 Å². The second-order valence-electron chi connectivity index (χ2n) is 27.3. The Balaban J connectivity index is 5.19. The third-order valence-electron chi connectivity index (χ3n) is 17.9. The van der Waals surface area contributed by atoms with Crippen LogP contribution in [0.3, 0.4) is 0 Å². The van der Waals surface area contributed by atoms with E-state index in [4.69, 9.17) is 37.0 Å². The number of aliphatic hydroxyl groups is 1. The number of phosphoric acid groups is 2. The summed E-state index contributed by atoms with van der Waals surface area (Å²) in [6.07, 6.45) is 57.0. The molecule has 0 bridgehead atoms. The molecule has 3 unspecified atom stereocenters. The van der Waals surface area contributed by atoms with Gasteiger partial charge in [-0.25, -0.2) is 9.13 Å². The van der Waals surface area contributed by atoms with Crippen molar-refractivity contribution in [1.82, 2.24) is 0 Å². The van der Waals surface area contributed by atoms with Gasteiger partial charge in [-0.3, -0.25) is 37.3 Å². The molecule has 0 spiro atoms. The molecule has 19 heteroatoms. The van der Waals surface area contributed by atoms with Crippen LogP contribution in [0.25, 0.3) is 0 Å². The molecule has 6 atom stereocenters. The molecule has 0 saturated heterocycles. The van der Waals surface area contributed by atoms with Gasteiger partial charge in [-0.2, -0.15) is 0 Å². The van der Waals surface area contributed by atoms with E-state index in [1.807, 2.05) is 0 Å². The van der Waals surface area contributed by atoms with Crippen LogP contribution in [-0.4, -0.2) is 96.7 Å². The van der Waals surface area contributed by atoms with Gasteiger partial charge in [0.2, 0.25) is 0 Å². The molecule has 94 heavy (non-hydrogen) atoms. The number of carbonyl (C=O) groups excluding carboxylic acids is 4. The molecule has 0 aromatic carbocycles. The van der Waals surface area contributed by atoms with Crippen molar-refractivity contribution in [2.24, 2.45) is 5.92 Å². The summed E-state index contributed by atoms with van der Waals surface area (Å²) in [4.78, 5) is 72.6. The number of phosphoric ester groups is 2. The molecule has 0 rings (SSSR count). The maximum absolute atomic E-state index is 13.1. The van der Waals surface area contributed by atoms with E-state index in [2.05, 4.69) is 34.6 Å². The number of unbranched alkanes of at least 4 members (excludes halogenated alkanes) is 46. The first kappa shape index (κ1) is 92.1. The van der Waals surface area contributed by atoms with E-state index in [1.165, 1.54) is 205 Å². The summed E-state index contributed by atoms with van der Waals surface area (Å²) in [6.45, 7) is 7.24. The number of hydrogen-bond acceptors (Lipinski definition) is 15. The van der Waals surface area contributed by atoms with Gasteiger partial charge in [0.25, 0.3) is 0 Å². The van der Waals surface area contributed by atoms with Crippen molar-refractivity contribution in [3.63, 3.8) is 0 Å². The van der Waals surface area contributed by atoms with Crippen molar-refractivity contribution >= 4 is 39.5 Å². The molecule has 3 N–H and O–H groups in total. The molecule has 0 aromatic heterocycles. The van der Waals surface area contributed by atoms with Crippen molar-refractivity contribution < 1.29 is 80.2 Å². The Morgan fingerprint density at radius 3 is 0.755 bits per heavy atom. The maximum atomic E-state index is 13.1. The lowest BCUT2D eigenvalue weighted by atomic mass is 9.99. The number of hydrogen-bond donors (Lipinski definition) is 3. The summed E-state index contributed by atoms with van der Waals surface area (Å²) in [5.74, 6) is -1.35. The highest BCUT2D eigenvalue weighted by molar-refractivity contribution is 7.47. The van der Waals surface area contributed by atoms with Crippen LogP contribution >= 0.6 is 15.6 Å². The zero-order valence-corrected chi connectivity index (χ0v) is 62.9. The van der Waals surface area contributed by atoms with Gasteiger partial charge < -0.3 is 33.8 Å². The summed E-state index contributed by atoms with van der Waals surface area (Å²) in [6, 6.07) is 0. The summed E-state index contributed by atoms with van der Waals surface area (Å²) in [7, 11) is -9.90. The van der Waals surface area contributed by atoms with Crippen LogP contribution in [0.1, 0.15) is 394 Å². The fourth-order valence-corrected chi connectivity index (χ4v) is 13.1. The van der Waals surface area contributed by atoms with Gasteiger partial charge in [-0.05, 0) is 31.6 Å². The molecular formula is C75H146O17P2. The van der Waals surface area contributed by atoms with Crippen molar-refractivity contribution in [3.8, 4) is 0 Å². The van der Waals surface area contributed by atoms with E-state index in [-0.39, 0.29) is 25.7 Å². The zero-order valence-electron chi connectivity index (χ0n) is 61.1. The Labute approximate surface area is 575 Å². The smallest absolute Gasteiger partial charge is 0.462 e. The summed E-state index contributed by atoms with van der Waals surface area (Å²) >= 11 is 0. The minimum atomic E-state index is -4.96. The molecule has 0 aromatic rings. The van der Waals surface area contributed by atoms with E-state index in [9.17, 15) is 43.2 Å². The average molecular weight is 1380 g/mol. The molecule has 0 radical (unpaired) electrons. The van der Waals surface area contributed by atoms with Gasteiger partial charge >= 0.3 is 39.5 Å². The number of esters is 4. The quantitative estimate of drug-likeness (QED) is 0.0222. The van der Waals surface area contributed by atoms with Gasteiger partial charge in [0.1, 0.15) is 19.3 Å². The summed E-state index contributed by atoms with van der Waals surface area (Å²) in [5, 5.41) is 10.6. The molecule has 17 nitrogen and oxygen atoms in total. The minimum absolute atomic E-state index is 0.105. The number of aliphatic hydroxyl groups excluding tert-OH is 1. The Bertz CT molecular complexity index is 1810. The topological polar surface area (TPSA) is 237 Å². The lowest BCUT2D eigenvalue weighted by molar-refractivity contribution is -0.161. The summed E-state index contributed by atoms with van der Waals surface area (Å²) in [5.41, 5.74) is 0. The minimum Gasteiger partial charge on any atom is -0.462 e. The number of carbonyl (C=O) groups is 4. The first-order valence-corrected chi connectivity index (χ1v) is 42.2. The van der Waals surface area contributed by atoms with Gasteiger partial charge in [0.15, 0.2) is 12.2 Å². The second kappa shape index (κ2) is 68.2. The standard InChI is InChI=1S/C75H146O17P2/c1-6-10-13-16-19-21-23-25-27-29-30-31-33-35-37-39-45-50-55-60-74(79)91-71(65-86-73(78)59-54-49-44-38-36-34-32-28-26-24-22-20-17-14-11-7-2)67-90-94(83,84)88-63-69(76)62-87-93(81,82)89-66-70(64-85-72(77)58-53-48-42-18-15-12-8-3)92-75(80)61-56-51-46-41-40-43-47-52-57-68(5)9-4/h68-71,76H,6-67H2,1-5H3,(H,81,82)(H,83,84)/t68?,69-,70+,71+/m0/s1. The molecule has 0 aliphatic heterocycles. The predicted molar refractivity (Wildman–Crippen MR) is 382 cm³/mol. The van der Waals surface area contributed by atoms with E-state index < -0.39 is 97.5 Å². The first-order valence-electron chi connectivity index (χ1n) is 39.2. The Morgan fingerprint density at radius 2 is 0.511 bits per heavy atom. The SMILES string of the molecule is CCCCCCCCCCCCCCCCCCCCCC(=O)O[C@H](COC(=O)CCCCCCCCCCCCCCCCCC)COP(=O)(O)OC[C@@H](O)COP(=O)(O)OC[C@@H](COC(=O)CCCCCCCCC)OC(=O)CCCCCCCCCCC(C)CC.